The fraction of sp³-hybridized carbons (Fsp3) is 0.300. The molecule has 4 rings (SSSR count). The third-order valence-corrected chi connectivity index (χ3v) is 5.89. The van der Waals surface area contributed by atoms with Gasteiger partial charge < -0.3 is 5.32 Å². The van der Waals surface area contributed by atoms with E-state index in [1.807, 2.05) is 48.7 Å². The number of hydrogen-bond acceptors (Lipinski definition) is 3. The number of benzene rings is 2. The molecule has 1 saturated heterocycles. The van der Waals surface area contributed by atoms with Crippen LogP contribution in [0.1, 0.15) is 29.5 Å². The summed E-state index contributed by atoms with van der Waals surface area (Å²) >= 11 is 1.67. The van der Waals surface area contributed by atoms with E-state index in [-0.39, 0.29) is 11.9 Å². The highest BCUT2D eigenvalue weighted by molar-refractivity contribution is 7.98. The van der Waals surface area contributed by atoms with Crippen LogP contribution in [0.15, 0.2) is 53.4 Å². The molecule has 1 spiro atoms. The van der Waals surface area contributed by atoms with E-state index < -0.39 is 5.54 Å². The molecular weight excluding hydrogens is 332 g/mol. The first-order valence-electron chi connectivity index (χ1n) is 8.49. The molecule has 0 bridgehead atoms. The van der Waals surface area contributed by atoms with Crippen molar-refractivity contribution >= 4 is 23.7 Å². The summed E-state index contributed by atoms with van der Waals surface area (Å²) < 4.78 is 0. The van der Waals surface area contributed by atoms with Crippen LogP contribution in [0.2, 0.25) is 0 Å². The van der Waals surface area contributed by atoms with E-state index in [4.69, 9.17) is 0 Å². The fourth-order valence-corrected chi connectivity index (χ4v) is 4.28. The molecule has 0 aromatic heterocycles. The predicted octanol–water partition coefficient (Wildman–Crippen LogP) is 3.69. The first kappa shape index (κ1) is 16.2. The van der Waals surface area contributed by atoms with E-state index in [1.54, 1.807) is 11.8 Å². The summed E-state index contributed by atoms with van der Waals surface area (Å²) in [5.41, 5.74) is 2.20. The molecule has 0 radical (unpaired) electrons. The molecule has 2 aliphatic rings. The monoisotopic (exact) mass is 352 g/mol. The van der Waals surface area contributed by atoms with Crippen molar-refractivity contribution in [3.05, 3.63) is 65.2 Å². The molecule has 1 atom stereocenters. The van der Waals surface area contributed by atoms with Gasteiger partial charge in [0.05, 0.1) is 6.54 Å². The average molecular weight is 352 g/mol. The Morgan fingerprint density at radius 1 is 1.12 bits per heavy atom. The van der Waals surface area contributed by atoms with Gasteiger partial charge >= 0.3 is 6.03 Å². The zero-order chi connectivity index (χ0) is 17.4. The summed E-state index contributed by atoms with van der Waals surface area (Å²) in [6.07, 6.45) is 4.55. The maximum absolute atomic E-state index is 13.2. The number of thioether (sulfide) groups is 1. The number of rotatable bonds is 3. The summed E-state index contributed by atoms with van der Waals surface area (Å²) in [6.45, 7) is 0.309. The summed E-state index contributed by atoms with van der Waals surface area (Å²) in [4.78, 5) is 28.3. The minimum absolute atomic E-state index is 0.126. The maximum atomic E-state index is 13.2. The Hall–Kier alpha value is -2.27. The molecule has 25 heavy (non-hydrogen) atoms. The number of carbonyl (C=O) groups excluding carboxylic acids is 2. The number of amides is 3. The average Bonchev–Trinajstić information content (AvgIpc) is 2.88. The van der Waals surface area contributed by atoms with Crippen molar-refractivity contribution in [1.29, 1.82) is 0 Å². The molecule has 2 aromatic rings. The van der Waals surface area contributed by atoms with E-state index in [0.29, 0.717) is 13.0 Å². The Morgan fingerprint density at radius 2 is 1.88 bits per heavy atom. The minimum Gasteiger partial charge on any atom is -0.319 e. The van der Waals surface area contributed by atoms with Gasteiger partial charge in [-0.15, -0.1) is 11.8 Å². The highest BCUT2D eigenvalue weighted by Crippen LogP contribution is 2.40. The van der Waals surface area contributed by atoms with Crippen molar-refractivity contribution in [3.8, 4) is 0 Å². The molecule has 0 saturated carbocycles. The van der Waals surface area contributed by atoms with Crippen LogP contribution in [0.4, 0.5) is 4.79 Å². The molecule has 1 heterocycles. The summed E-state index contributed by atoms with van der Waals surface area (Å²) in [5.74, 6) is -0.126. The second-order valence-electron chi connectivity index (χ2n) is 6.59. The summed E-state index contributed by atoms with van der Waals surface area (Å²) in [7, 11) is 0. The highest BCUT2D eigenvalue weighted by Gasteiger charge is 2.53. The largest absolute Gasteiger partial charge is 0.325 e. The molecule has 4 nitrogen and oxygen atoms in total. The molecule has 1 N–H and O–H groups in total. The van der Waals surface area contributed by atoms with Gasteiger partial charge in [-0.2, -0.15) is 0 Å². The smallest absolute Gasteiger partial charge is 0.319 e. The lowest BCUT2D eigenvalue weighted by Gasteiger charge is -2.33. The van der Waals surface area contributed by atoms with Gasteiger partial charge in [0, 0.05) is 4.90 Å². The highest BCUT2D eigenvalue weighted by atomic mass is 32.2. The van der Waals surface area contributed by atoms with E-state index >= 15 is 0 Å². The van der Waals surface area contributed by atoms with Gasteiger partial charge in [-0.05, 0) is 54.3 Å². The number of imide groups is 1. The van der Waals surface area contributed by atoms with Crippen LogP contribution >= 0.6 is 11.8 Å². The predicted molar refractivity (Wildman–Crippen MR) is 98.4 cm³/mol. The molecule has 5 heteroatoms. The maximum Gasteiger partial charge on any atom is 0.325 e. The second kappa shape index (κ2) is 6.23. The Morgan fingerprint density at radius 3 is 2.64 bits per heavy atom. The summed E-state index contributed by atoms with van der Waals surface area (Å²) in [6, 6.07) is 15.7. The molecular formula is C20H20N2O2S. The Balaban J connectivity index is 1.65. The van der Waals surface area contributed by atoms with Gasteiger partial charge in [0.2, 0.25) is 0 Å². The lowest BCUT2D eigenvalue weighted by molar-refractivity contribution is -0.132. The van der Waals surface area contributed by atoms with Crippen LogP contribution < -0.4 is 5.32 Å². The van der Waals surface area contributed by atoms with Crippen LogP contribution in [-0.2, 0) is 23.3 Å². The minimum atomic E-state index is -0.884. The number of urea groups is 1. The molecule has 3 amide bonds. The summed E-state index contributed by atoms with van der Waals surface area (Å²) in [5, 5.41) is 3.00. The molecule has 1 aliphatic carbocycles. The number of fused-ring (bicyclic) bond motifs is 2. The van der Waals surface area contributed by atoms with Crippen molar-refractivity contribution < 1.29 is 9.59 Å². The van der Waals surface area contributed by atoms with Crippen LogP contribution in [0.25, 0.3) is 0 Å². The topological polar surface area (TPSA) is 49.4 Å². The van der Waals surface area contributed by atoms with Gasteiger partial charge in [-0.1, -0.05) is 36.4 Å². The van der Waals surface area contributed by atoms with Crippen molar-refractivity contribution in [2.24, 2.45) is 0 Å². The van der Waals surface area contributed by atoms with Crippen molar-refractivity contribution in [1.82, 2.24) is 10.2 Å². The van der Waals surface area contributed by atoms with E-state index in [9.17, 15) is 9.59 Å². The van der Waals surface area contributed by atoms with E-state index in [2.05, 4.69) is 11.4 Å². The van der Waals surface area contributed by atoms with Gasteiger partial charge in [-0.25, -0.2) is 4.79 Å². The third-order valence-electron chi connectivity index (χ3n) is 5.15. The zero-order valence-electron chi connectivity index (χ0n) is 14.1. The molecule has 2 aromatic carbocycles. The van der Waals surface area contributed by atoms with Gasteiger partial charge in [0.1, 0.15) is 5.54 Å². The third kappa shape index (κ3) is 2.63. The lowest BCUT2D eigenvalue weighted by Crippen LogP contribution is -2.46. The van der Waals surface area contributed by atoms with Gasteiger partial charge in [0.15, 0.2) is 0 Å². The molecule has 1 aliphatic heterocycles. The first-order chi connectivity index (χ1) is 12.1. The van der Waals surface area contributed by atoms with Gasteiger partial charge in [-0.3, -0.25) is 9.69 Å². The van der Waals surface area contributed by atoms with Crippen LogP contribution in [-0.4, -0.2) is 23.1 Å². The lowest BCUT2D eigenvalue weighted by atomic mass is 9.76. The quantitative estimate of drug-likeness (QED) is 0.677. The van der Waals surface area contributed by atoms with Crippen LogP contribution in [0, 0.1) is 0 Å². The van der Waals surface area contributed by atoms with Crippen molar-refractivity contribution in [3.63, 3.8) is 0 Å². The van der Waals surface area contributed by atoms with E-state index in [1.165, 1.54) is 9.80 Å². The Labute approximate surface area is 151 Å². The standard InChI is InChI=1S/C20H20N2O2S/c1-25-16-10-8-14(9-11-16)13-22-18(23)20(21-19(22)24)12-4-6-15-5-2-3-7-17(15)20/h2-3,5,7-11H,4,6,12-13H2,1H3,(H,21,24)/t20-/m0/s1. The Kier molecular flexibility index (Phi) is 4.04. The molecule has 0 unspecified atom stereocenters. The fourth-order valence-electron chi connectivity index (χ4n) is 3.87. The SMILES string of the molecule is CSc1ccc(CN2C(=O)N[C@]3(CCCc4ccccc43)C2=O)cc1. The molecule has 1 fully saturated rings. The van der Waals surface area contributed by atoms with Gasteiger partial charge in [0.25, 0.3) is 5.91 Å². The number of aryl methyl sites for hydroxylation is 1. The first-order valence-corrected chi connectivity index (χ1v) is 9.72. The van der Waals surface area contributed by atoms with Crippen LogP contribution in [0.5, 0.6) is 0 Å². The van der Waals surface area contributed by atoms with E-state index in [0.717, 1.165) is 29.5 Å². The second-order valence-corrected chi connectivity index (χ2v) is 7.47. The van der Waals surface area contributed by atoms with Crippen LogP contribution in [0.3, 0.4) is 0 Å². The number of nitrogens with zero attached hydrogens (tertiary/aromatic N) is 1. The number of hydrogen-bond donors (Lipinski definition) is 1. The van der Waals surface area contributed by atoms with Crippen molar-refractivity contribution in [2.45, 2.75) is 36.2 Å². The zero-order valence-corrected chi connectivity index (χ0v) is 14.9. The molecule has 128 valence electrons. The number of nitrogens with one attached hydrogen (secondary N) is 1. The Bertz CT molecular complexity index is 834. The number of carbonyl (C=O) groups is 2. The normalized spacial score (nSPS) is 22.2. The van der Waals surface area contributed by atoms with Crippen molar-refractivity contribution in [2.75, 3.05) is 6.26 Å².